The number of hydrogen-bond donors (Lipinski definition) is 0. The molecule has 5 heteroatoms. The minimum absolute atomic E-state index is 0.0413. The van der Waals surface area contributed by atoms with Crippen molar-refractivity contribution in [1.82, 2.24) is 4.90 Å². The standard InChI is InChI=1S/C15H13ClN2OS/c1-18(9-13-6-7-15(16)20-13)10-14(19)12-4-2-11(8-17)3-5-12/h2-7H,9-10H2,1H3. The summed E-state index contributed by atoms with van der Waals surface area (Å²) in [5.41, 5.74) is 1.18. The molecule has 0 saturated heterocycles. The van der Waals surface area contributed by atoms with Crippen LogP contribution < -0.4 is 0 Å². The molecule has 1 heterocycles. The molecule has 0 aliphatic carbocycles. The zero-order valence-corrected chi connectivity index (χ0v) is 12.5. The zero-order chi connectivity index (χ0) is 14.5. The summed E-state index contributed by atoms with van der Waals surface area (Å²) in [4.78, 5) is 15.2. The van der Waals surface area contributed by atoms with Crippen LogP contribution in [0, 0.1) is 11.3 Å². The van der Waals surface area contributed by atoms with Crippen molar-refractivity contribution in [2.75, 3.05) is 13.6 Å². The average Bonchev–Trinajstić information content (AvgIpc) is 2.84. The maximum Gasteiger partial charge on any atom is 0.176 e. The molecule has 0 amide bonds. The molecule has 0 radical (unpaired) electrons. The van der Waals surface area contributed by atoms with Crippen LogP contribution in [0.25, 0.3) is 0 Å². The van der Waals surface area contributed by atoms with Crippen LogP contribution in [0.1, 0.15) is 20.8 Å². The average molecular weight is 305 g/mol. The Labute approximate surface area is 127 Å². The van der Waals surface area contributed by atoms with Crippen LogP contribution in [0.3, 0.4) is 0 Å². The predicted molar refractivity (Wildman–Crippen MR) is 81.2 cm³/mol. The Balaban J connectivity index is 1.94. The van der Waals surface area contributed by atoms with Crippen molar-refractivity contribution < 1.29 is 4.79 Å². The van der Waals surface area contributed by atoms with E-state index in [0.717, 1.165) is 9.21 Å². The lowest BCUT2D eigenvalue weighted by atomic mass is 10.1. The topological polar surface area (TPSA) is 44.1 Å². The normalized spacial score (nSPS) is 10.5. The van der Waals surface area contributed by atoms with E-state index < -0.39 is 0 Å². The number of rotatable bonds is 5. The van der Waals surface area contributed by atoms with Crippen molar-refractivity contribution in [3.8, 4) is 6.07 Å². The van der Waals surface area contributed by atoms with Gasteiger partial charge in [0.2, 0.25) is 0 Å². The maximum absolute atomic E-state index is 12.1. The van der Waals surface area contributed by atoms with Gasteiger partial charge in [-0.25, -0.2) is 0 Å². The van der Waals surface area contributed by atoms with E-state index in [2.05, 4.69) is 0 Å². The SMILES string of the molecule is CN(CC(=O)c1ccc(C#N)cc1)Cc1ccc(Cl)s1. The third-order valence-electron chi connectivity index (χ3n) is 2.80. The Morgan fingerprint density at radius 2 is 2.00 bits per heavy atom. The van der Waals surface area contributed by atoms with Gasteiger partial charge < -0.3 is 0 Å². The number of carbonyl (C=O) groups excluding carboxylic acids is 1. The highest BCUT2D eigenvalue weighted by Gasteiger charge is 2.10. The molecule has 2 rings (SSSR count). The smallest absolute Gasteiger partial charge is 0.176 e. The van der Waals surface area contributed by atoms with Gasteiger partial charge in [-0.2, -0.15) is 5.26 Å². The Hall–Kier alpha value is -1.67. The van der Waals surface area contributed by atoms with E-state index in [1.165, 1.54) is 11.3 Å². The number of benzene rings is 1. The zero-order valence-electron chi connectivity index (χ0n) is 11.0. The highest BCUT2D eigenvalue weighted by Crippen LogP contribution is 2.22. The first-order valence-electron chi connectivity index (χ1n) is 6.04. The monoisotopic (exact) mass is 304 g/mol. The Morgan fingerprint density at radius 1 is 1.30 bits per heavy atom. The molecule has 0 aliphatic heterocycles. The van der Waals surface area contributed by atoms with Crippen molar-refractivity contribution in [2.24, 2.45) is 0 Å². The summed E-state index contributed by atoms with van der Waals surface area (Å²) in [5, 5.41) is 8.73. The molecule has 20 heavy (non-hydrogen) atoms. The molecule has 2 aromatic rings. The van der Waals surface area contributed by atoms with Gasteiger partial charge >= 0.3 is 0 Å². The summed E-state index contributed by atoms with van der Waals surface area (Å²) in [5.74, 6) is 0.0413. The molecule has 0 atom stereocenters. The van der Waals surface area contributed by atoms with Crippen molar-refractivity contribution in [3.05, 3.63) is 56.7 Å². The maximum atomic E-state index is 12.1. The van der Waals surface area contributed by atoms with E-state index in [1.54, 1.807) is 24.3 Å². The third-order valence-corrected chi connectivity index (χ3v) is 4.02. The Kier molecular flexibility index (Phi) is 4.91. The molecule has 0 saturated carbocycles. The van der Waals surface area contributed by atoms with Crippen molar-refractivity contribution >= 4 is 28.7 Å². The molecule has 0 bridgehead atoms. The van der Waals surface area contributed by atoms with Crippen LogP contribution in [-0.2, 0) is 6.54 Å². The second-order valence-electron chi connectivity index (χ2n) is 4.49. The van der Waals surface area contributed by atoms with Gasteiger partial charge in [-0.05, 0) is 31.3 Å². The van der Waals surface area contributed by atoms with Gasteiger partial charge in [0.1, 0.15) is 0 Å². The molecule has 3 nitrogen and oxygen atoms in total. The quantitative estimate of drug-likeness (QED) is 0.793. The largest absolute Gasteiger partial charge is 0.294 e. The minimum Gasteiger partial charge on any atom is -0.294 e. The highest BCUT2D eigenvalue weighted by molar-refractivity contribution is 7.16. The van der Waals surface area contributed by atoms with E-state index in [1.807, 2.05) is 30.1 Å². The van der Waals surface area contributed by atoms with E-state index >= 15 is 0 Å². The molecule has 0 N–H and O–H groups in total. The lowest BCUT2D eigenvalue weighted by molar-refractivity contribution is 0.0943. The first-order valence-corrected chi connectivity index (χ1v) is 7.24. The van der Waals surface area contributed by atoms with Crippen LogP contribution in [0.5, 0.6) is 0 Å². The number of halogens is 1. The summed E-state index contributed by atoms with van der Waals surface area (Å²) in [6.07, 6.45) is 0. The van der Waals surface area contributed by atoms with E-state index in [9.17, 15) is 4.79 Å². The Bertz CT molecular complexity index is 643. The fraction of sp³-hybridized carbons (Fsp3) is 0.200. The fourth-order valence-electron chi connectivity index (χ4n) is 1.83. The molecule has 1 aromatic heterocycles. The van der Waals surface area contributed by atoms with Crippen LogP contribution in [-0.4, -0.2) is 24.3 Å². The minimum atomic E-state index is 0.0413. The van der Waals surface area contributed by atoms with Crippen LogP contribution in [0.15, 0.2) is 36.4 Å². The number of thiophene rings is 1. The molecule has 0 unspecified atom stereocenters. The van der Waals surface area contributed by atoms with E-state index in [4.69, 9.17) is 16.9 Å². The number of Topliss-reactive ketones (excluding diaryl/α,β-unsaturated/α-hetero) is 1. The third kappa shape index (κ3) is 3.91. The number of carbonyl (C=O) groups is 1. The number of hydrogen-bond acceptors (Lipinski definition) is 4. The Morgan fingerprint density at radius 3 is 2.55 bits per heavy atom. The van der Waals surface area contributed by atoms with Gasteiger partial charge in [0.15, 0.2) is 5.78 Å². The van der Waals surface area contributed by atoms with Gasteiger partial charge in [-0.15, -0.1) is 11.3 Å². The first-order chi connectivity index (χ1) is 9.58. The van der Waals surface area contributed by atoms with Crippen molar-refractivity contribution in [3.63, 3.8) is 0 Å². The first kappa shape index (κ1) is 14.7. The second kappa shape index (κ2) is 6.67. The molecule has 0 spiro atoms. The highest BCUT2D eigenvalue weighted by atomic mass is 35.5. The predicted octanol–water partition coefficient (Wildman–Crippen LogP) is 3.59. The van der Waals surface area contributed by atoms with E-state index in [0.29, 0.717) is 24.2 Å². The number of nitrogens with zero attached hydrogens (tertiary/aromatic N) is 2. The molecule has 102 valence electrons. The summed E-state index contributed by atoms with van der Waals surface area (Å²) >= 11 is 7.40. The van der Waals surface area contributed by atoms with Crippen molar-refractivity contribution in [1.29, 1.82) is 5.26 Å². The van der Waals surface area contributed by atoms with Gasteiger partial charge in [0.25, 0.3) is 0 Å². The molecule has 1 aromatic carbocycles. The van der Waals surface area contributed by atoms with E-state index in [-0.39, 0.29) is 5.78 Å². The molecular weight excluding hydrogens is 292 g/mol. The van der Waals surface area contributed by atoms with Gasteiger partial charge in [0, 0.05) is 17.0 Å². The second-order valence-corrected chi connectivity index (χ2v) is 6.29. The lowest BCUT2D eigenvalue weighted by Crippen LogP contribution is -2.25. The summed E-state index contributed by atoms with van der Waals surface area (Å²) < 4.78 is 0.756. The van der Waals surface area contributed by atoms with Gasteiger partial charge in [-0.3, -0.25) is 9.69 Å². The summed E-state index contributed by atoms with van der Waals surface area (Å²) in [6, 6.07) is 12.6. The molecule has 0 aliphatic rings. The number of nitriles is 1. The molecular formula is C15H13ClN2OS. The number of ketones is 1. The fourth-order valence-corrected chi connectivity index (χ4v) is 2.99. The van der Waals surface area contributed by atoms with Crippen LogP contribution >= 0.6 is 22.9 Å². The van der Waals surface area contributed by atoms with Gasteiger partial charge in [0.05, 0.1) is 22.5 Å². The number of likely N-dealkylation sites (N-methyl/N-ethyl adjacent to an activating group) is 1. The summed E-state index contributed by atoms with van der Waals surface area (Å²) in [6.45, 7) is 1.03. The molecule has 0 fully saturated rings. The summed E-state index contributed by atoms with van der Waals surface area (Å²) in [7, 11) is 1.90. The lowest BCUT2D eigenvalue weighted by Gasteiger charge is -2.14. The van der Waals surface area contributed by atoms with Gasteiger partial charge in [-0.1, -0.05) is 23.7 Å². The van der Waals surface area contributed by atoms with Crippen molar-refractivity contribution in [2.45, 2.75) is 6.54 Å². The van der Waals surface area contributed by atoms with Crippen LogP contribution in [0.2, 0.25) is 4.34 Å². The van der Waals surface area contributed by atoms with Crippen LogP contribution in [0.4, 0.5) is 0 Å².